The first-order valence-corrected chi connectivity index (χ1v) is 10.6. The van der Waals surface area contributed by atoms with Gasteiger partial charge in [0.25, 0.3) is 0 Å². The molecule has 4 rings (SSSR count). The molecule has 12 heteroatoms. The second-order valence-corrected chi connectivity index (χ2v) is 7.79. The Morgan fingerprint density at radius 1 is 1.09 bits per heavy atom. The normalized spacial score (nSPS) is 14.3. The molecule has 0 radical (unpaired) electrons. The molecule has 1 aromatic carbocycles. The maximum Gasteiger partial charge on any atom is 0.573 e. The number of benzene rings is 1. The van der Waals surface area contributed by atoms with E-state index < -0.39 is 6.36 Å². The molecule has 1 amide bonds. The zero-order chi connectivity index (χ0) is 22.6. The van der Waals surface area contributed by atoms with Crippen LogP contribution in [0, 0.1) is 0 Å². The summed E-state index contributed by atoms with van der Waals surface area (Å²) < 4.78 is 40.6. The van der Waals surface area contributed by atoms with Gasteiger partial charge in [-0.15, -0.1) is 24.5 Å². The van der Waals surface area contributed by atoms with Crippen LogP contribution in [-0.2, 0) is 11.2 Å². The molecule has 0 bridgehead atoms. The average molecular weight is 464 g/mol. The van der Waals surface area contributed by atoms with Crippen LogP contribution in [0.2, 0.25) is 0 Å². The minimum atomic E-state index is -4.73. The molecule has 1 saturated heterocycles. The molecular weight excluding hydrogens is 445 g/mol. The van der Waals surface area contributed by atoms with Crippen LogP contribution in [-0.4, -0.2) is 58.3 Å². The van der Waals surface area contributed by atoms with Gasteiger partial charge in [0.1, 0.15) is 5.75 Å². The van der Waals surface area contributed by atoms with Gasteiger partial charge in [-0.1, -0.05) is 0 Å². The van der Waals surface area contributed by atoms with Crippen molar-refractivity contribution >= 4 is 34.0 Å². The number of nitrogens with one attached hydrogen (secondary N) is 1. The van der Waals surface area contributed by atoms with Gasteiger partial charge in [-0.05, 0) is 30.3 Å². The van der Waals surface area contributed by atoms with E-state index in [0.717, 1.165) is 0 Å². The summed E-state index contributed by atoms with van der Waals surface area (Å²) in [6, 6.07) is 7.12. The van der Waals surface area contributed by atoms with Crippen LogP contribution in [0.4, 0.5) is 29.9 Å². The van der Waals surface area contributed by atoms with E-state index in [1.807, 2.05) is 4.90 Å². The summed E-state index contributed by atoms with van der Waals surface area (Å²) in [5.41, 5.74) is 1.19. The van der Waals surface area contributed by atoms with Gasteiger partial charge in [0.05, 0.1) is 12.1 Å². The third kappa shape index (κ3) is 5.84. The second-order valence-electron chi connectivity index (χ2n) is 6.93. The van der Waals surface area contributed by atoms with E-state index >= 15 is 0 Å². The van der Waals surface area contributed by atoms with E-state index in [2.05, 4.69) is 25.0 Å². The molecule has 0 atom stereocenters. The third-order valence-corrected chi connectivity index (χ3v) is 5.50. The fourth-order valence-electron chi connectivity index (χ4n) is 3.19. The number of piperazine rings is 1. The molecule has 0 aliphatic carbocycles. The van der Waals surface area contributed by atoms with Crippen molar-refractivity contribution in [3.05, 3.63) is 53.8 Å². The lowest BCUT2D eigenvalue weighted by molar-refractivity contribution is -0.274. The smallest absolute Gasteiger partial charge is 0.406 e. The minimum Gasteiger partial charge on any atom is -0.406 e. The lowest BCUT2D eigenvalue weighted by Crippen LogP contribution is -2.49. The number of anilines is 3. The molecule has 1 aliphatic rings. The number of halogens is 3. The highest BCUT2D eigenvalue weighted by Gasteiger charge is 2.31. The van der Waals surface area contributed by atoms with E-state index in [9.17, 15) is 18.0 Å². The van der Waals surface area contributed by atoms with Crippen molar-refractivity contribution in [1.82, 2.24) is 19.9 Å². The summed E-state index contributed by atoms with van der Waals surface area (Å²) in [5.74, 6) is 0.351. The van der Waals surface area contributed by atoms with Crippen LogP contribution in [0.15, 0.2) is 48.1 Å². The second kappa shape index (κ2) is 9.39. The zero-order valence-corrected chi connectivity index (χ0v) is 17.6. The highest BCUT2D eigenvalue weighted by Crippen LogP contribution is 2.26. The quantitative estimate of drug-likeness (QED) is 0.598. The topological polar surface area (TPSA) is 83.5 Å². The zero-order valence-electron chi connectivity index (χ0n) is 16.7. The van der Waals surface area contributed by atoms with Gasteiger partial charge < -0.3 is 19.9 Å². The number of thiazole rings is 1. The Labute approximate surface area is 185 Å². The molecule has 0 unspecified atom stereocenters. The number of carbonyl (C=O) groups is 1. The number of carbonyl (C=O) groups excluding carboxylic acids is 1. The number of nitrogens with zero attached hydrogens (tertiary/aromatic N) is 5. The van der Waals surface area contributed by atoms with Gasteiger partial charge in [0.15, 0.2) is 5.13 Å². The summed E-state index contributed by atoms with van der Waals surface area (Å²) in [6.45, 7) is 2.48. The van der Waals surface area contributed by atoms with Crippen molar-refractivity contribution < 1.29 is 22.7 Å². The van der Waals surface area contributed by atoms with Gasteiger partial charge in [0, 0.05) is 49.6 Å². The third-order valence-electron chi connectivity index (χ3n) is 4.69. The Kier molecular flexibility index (Phi) is 6.40. The largest absolute Gasteiger partial charge is 0.573 e. The van der Waals surface area contributed by atoms with Crippen molar-refractivity contribution in [2.24, 2.45) is 0 Å². The molecular formula is C20H19F3N6O2S. The summed E-state index contributed by atoms with van der Waals surface area (Å²) >= 11 is 1.32. The number of hydrogen-bond acceptors (Lipinski definition) is 8. The molecule has 32 heavy (non-hydrogen) atoms. The highest BCUT2D eigenvalue weighted by atomic mass is 32.1. The molecule has 3 aromatic rings. The molecule has 1 N–H and O–H groups in total. The SMILES string of the molecule is O=C(Cc1csc(Nc2ccc(OC(F)(F)F)cc2)n1)N1CCN(c2ncccn2)CC1. The average Bonchev–Trinajstić information content (AvgIpc) is 3.21. The number of rotatable bonds is 6. The van der Waals surface area contributed by atoms with Crippen LogP contribution in [0.3, 0.4) is 0 Å². The summed E-state index contributed by atoms with van der Waals surface area (Å²) in [4.78, 5) is 29.4. The minimum absolute atomic E-state index is 0.0101. The summed E-state index contributed by atoms with van der Waals surface area (Å²) in [6.07, 6.45) is -1.16. The van der Waals surface area contributed by atoms with Crippen molar-refractivity contribution in [3.8, 4) is 5.75 Å². The fourth-order valence-corrected chi connectivity index (χ4v) is 3.92. The van der Waals surface area contributed by atoms with Gasteiger partial charge in [-0.3, -0.25) is 4.79 Å². The number of alkyl halides is 3. The number of amides is 1. The molecule has 0 saturated carbocycles. The monoisotopic (exact) mass is 464 g/mol. The van der Waals surface area contributed by atoms with E-state index in [1.54, 1.807) is 28.7 Å². The fraction of sp³-hybridized carbons (Fsp3) is 0.300. The Bertz CT molecular complexity index is 1040. The van der Waals surface area contributed by atoms with E-state index in [4.69, 9.17) is 0 Å². The molecule has 168 valence electrons. The van der Waals surface area contributed by atoms with Crippen LogP contribution < -0.4 is 15.0 Å². The predicted octanol–water partition coefficient (Wildman–Crippen LogP) is 3.47. The van der Waals surface area contributed by atoms with Gasteiger partial charge in [-0.2, -0.15) is 0 Å². The Hall–Kier alpha value is -3.41. The van der Waals surface area contributed by atoms with Crippen LogP contribution in [0.5, 0.6) is 5.75 Å². The number of ether oxygens (including phenoxy) is 1. The molecule has 3 heterocycles. The summed E-state index contributed by atoms with van der Waals surface area (Å²) in [5, 5.41) is 5.35. The van der Waals surface area contributed by atoms with Crippen molar-refractivity contribution in [2.75, 3.05) is 36.4 Å². The lowest BCUT2D eigenvalue weighted by Gasteiger charge is -2.34. The molecule has 1 fully saturated rings. The number of hydrogen-bond donors (Lipinski definition) is 1. The first-order chi connectivity index (χ1) is 15.4. The first kappa shape index (κ1) is 21.8. The molecule has 2 aromatic heterocycles. The Morgan fingerprint density at radius 2 is 1.78 bits per heavy atom. The highest BCUT2D eigenvalue weighted by molar-refractivity contribution is 7.13. The predicted molar refractivity (Wildman–Crippen MR) is 113 cm³/mol. The molecule has 0 spiro atoms. The van der Waals surface area contributed by atoms with Gasteiger partial charge in [-0.25, -0.2) is 15.0 Å². The number of aromatic nitrogens is 3. The maximum atomic E-state index is 12.6. The Balaban J connectivity index is 1.27. The van der Waals surface area contributed by atoms with Crippen molar-refractivity contribution in [3.63, 3.8) is 0 Å². The first-order valence-electron chi connectivity index (χ1n) is 9.73. The molecule has 1 aliphatic heterocycles. The maximum absolute atomic E-state index is 12.6. The standard InChI is InChI=1S/C20H19F3N6O2S/c21-20(22,23)31-16-4-2-14(3-5-16)26-19-27-15(13-32-19)12-17(30)28-8-10-29(11-9-28)18-24-6-1-7-25-18/h1-7,13H,8-12H2,(H,26,27). The van der Waals surface area contributed by atoms with Crippen molar-refractivity contribution in [1.29, 1.82) is 0 Å². The van der Waals surface area contributed by atoms with Gasteiger partial charge >= 0.3 is 6.36 Å². The summed E-state index contributed by atoms with van der Waals surface area (Å²) in [7, 11) is 0. The molecule has 8 nitrogen and oxygen atoms in total. The van der Waals surface area contributed by atoms with E-state index in [0.29, 0.717) is 48.6 Å². The Morgan fingerprint density at radius 3 is 2.44 bits per heavy atom. The van der Waals surface area contributed by atoms with E-state index in [1.165, 1.54) is 35.6 Å². The van der Waals surface area contributed by atoms with Crippen molar-refractivity contribution in [2.45, 2.75) is 12.8 Å². The van der Waals surface area contributed by atoms with Crippen LogP contribution in [0.1, 0.15) is 5.69 Å². The van der Waals surface area contributed by atoms with Crippen LogP contribution in [0.25, 0.3) is 0 Å². The van der Waals surface area contributed by atoms with Gasteiger partial charge in [0.2, 0.25) is 11.9 Å². The van der Waals surface area contributed by atoms with E-state index in [-0.39, 0.29) is 18.1 Å². The lowest BCUT2D eigenvalue weighted by atomic mass is 10.2. The van der Waals surface area contributed by atoms with Crippen LogP contribution >= 0.6 is 11.3 Å².